The second-order valence-corrected chi connectivity index (χ2v) is 5.13. The van der Waals surface area contributed by atoms with E-state index in [0.717, 1.165) is 12.7 Å². The lowest BCUT2D eigenvalue weighted by Gasteiger charge is -2.40. The van der Waals surface area contributed by atoms with Gasteiger partial charge in [-0.25, -0.2) is 0 Å². The van der Waals surface area contributed by atoms with Gasteiger partial charge in [-0.05, 0) is 58.3 Å². The van der Waals surface area contributed by atoms with E-state index in [1.165, 1.54) is 51.9 Å². The van der Waals surface area contributed by atoms with Crippen LogP contribution in [0.15, 0.2) is 0 Å². The molecular formula is C15H33BN2. The maximum atomic E-state index is 5.84. The van der Waals surface area contributed by atoms with Crippen LogP contribution in [0.5, 0.6) is 0 Å². The maximum absolute atomic E-state index is 5.84. The second-order valence-electron chi connectivity index (χ2n) is 5.13. The Balaban J connectivity index is 4.69. The van der Waals surface area contributed by atoms with Gasteiger partial charge in [0.05, 0.1) is 14.0 Å². The highest BCUT2D eigenvalue weighted by Crippen LogP contribution is 2.15. The average Bonchev–Trinajstić information content (AvgIpc) is 2.36. The van der Waals surface area contributed by atoms with E-state index in [1.807, 2.05) is 0 Å². The van der Waals surface area contributed by atoms with Gasteiger partial charge in [0.25, 0.3) is 0 Å². The quantitative estimate of drug-likeness (QED) is 0.387. The standard InChI is InChI=1S/C15H33BN2/c1-5-11-17(12-6-2)15(9-10-16)18(13-7-3)14-8-4/h15H,5-14H2,1-4H3. The minimum atomic E-state index is 0.551. The van der Waals surface area contributed by atoms with Gasteiger partial charge in [-0.3, -0.25) is 9.80 Å². The largest absolute Gasteiger partial charge is 0.288 e. The molecule has 0 aromatic heterocycles. The Bertz CT molecular complexity index is 148. The molecule has 106 valence electrons. The first kappa shape index (κ1) is 18.0. The zero-order valence-electron chi connectivity index (χ0n) is 13.1. The fraction of sp³-hybridized carbons (Fsp3) is 1.00. The van der Waals surface area contributed by atoms with E-state index in [1.54, 1.807) is 0 Å². The van der Waals surface area contributed by atoms with E-state index >= 15 is 0 Å². The molecule has 2 nitrogen and oxygen atoms in total. The van der Waals surface area contributed by atoms with Crippen LogP contribution in [0.3, 0.4) is 0 Å². The SMILES string of the molecule is [B]CCC(N(CCC)CCC)N(CCC)CCC. The van der Waals surface area contributed by atoms with Crippen molar-refractivity contribution in [1.82, 2.24) is 9.80 Å². The summed E-state index contributed by atoms with van der Waals surface area (Å²) in [5, 5.41) is 0. The van der Waals surface area contributed by atoms with Crippen molar-refractivity contribution in [3.63, 3.8) is 0 Å². The summed E-state index contributed by atoms with van der Waals surface area (Å²) >= 11 is 0. The number of nitrogens with zero attached hydrogens (tertiary/aromatic N) is 2. The molecule has 0 aliphatic rings. The molecule has 0 saturated carbocycles. The molecule has 3 heteroatoms. The normalized spacial score (nSPS) is 11.9. The molecule has 0 amide bonds. The molecule has 18 heavy (non-hydrogen) atoms. The fourth-order valence-electron chi connectivity index (χ4n) is 2.71. The number of hydrogen-bond donors (Lipinski definition) is 0. The van der Waals surface area contributed by atoms with E-state index in [2.05, 4.69) is 37.5 Å². The van der Waals surface area contributed by atoms with E-state index in [4.69, 9.17) is 7.85 Å². The number of rotatable bonds is 12. The third kappa shape index (κ3) is 6.79. The van der Waals surface area contributed by atoms with Gasteiger partial charge < -0.3 is 0 Å². The third-order valence-electron chi connectivity index (χ3n) is 3.31. The summed E-state index contributed by atoms with van der Waals surface area (Å²) in [6.45, 7) is 13.9. The number of hydrogen-bond acceptors (Lipinski definition) is 2. The van der Waals surface area contributed by atoms with Crippen molar-refractivity contribution in [1.29, 1.82) is 0 Å². The maximum Gasteiger partial charge on any atom is 0.0654 e. The molecule has 2 radical (unpaired) electrons. The summed E-state index contributed by atoms with van der Waals surface area (Å²) in [4.78, 5) is 5.27. The van der Waals surface area contributed by atoms with Crippen molar-refractivity contribution in [3.05, 3.63) is 0 Å². The molecule has 0 heterocycles. The van der Waals surface area contributed by atoms with Crippen LogP contribution in [-0.4, -0.2) is 50.0 Å². The van der Waals surface area contributed by atoms with Gasteiger partial charge in [0, 0.05) is 0 Å². The van der Waals surface area contributed by atoms with E-state index < -0.39 is 0 Å². The molecule has 0 unspecified atom stereocenters. The molecule has 0 fully saturated rings. The Morgan fingerprint density at radius 3 is 1.28 bits per heavy atom. The van der Waals surface area contributed by atoms with Gasteiger partial charge in [0.2, 0.25) is 0 Å². The van der Waals surface area contributed by atoms with Crippen LogP contribution in [-0.2, 0) is 0 Å². The van der Waals surface area contributed by atoms with Gasteiger partial charge in [-0.1, -0.05) is 34.0 Å². The van der Waals surface area contributed by atoms with Crippen molar-refractivity contribution >= 4 is 7.85 Å². The van der Waals surface area contributed by atoms with Crippen molar-refractivity contribution in [2.24, 2.45) is 0 Å². The monoisotopic (exact) mass is 252 g/mol. The predicted octanol–water partition coefficient (Wildman–Crippen LogP) is 3.53. The lowest BCUT2D eigenvalue weighted by molar-refractivity contribution is 0.0383. The molecule has 0 bridgehead atoms. The lowest BCUT2D eigenvalue weighted by atomic mass is 9.99. The Morgan fingerprint density at radius 1 is 0.722 bits per heavy atom. The highest BCUT2D eigenvalue weighted by atomic mass is 15.3. The zero-order valence-corrected chi connectivity index (χ0v) is 13.1. The van der Waals surface area contributed by atoms with Crippen molar-refractivity contribution < 1.29 is 0 Å². The summed E-state index contributed by atoms with van der Waals surface area (Å²) < 4.78 is 0. The fourth-order valence-corrected chi connectivity index (χ4v) is 2.71. The molecule has 0 aromatic rings. The minimum absolute atomic E-state index is 0.551. The molecule has 0 rings (SSSR count). The Kier molecular flexibility index (Phi) is 12.0. The van der Waals surface area contributed by atoms with Crippen LogP contribution in [0.4, 0.5) is 0 Å². The molecule has 0 N–H and O–H groups in total. The van der Waals surface area contributed by atoms with E-state index in [0.29, 0.717) is 6.17 Å². The van der Waals surface area contributed by atoms with Gasteiger partial charge in [-0.15, -0.1) is 0 Å². The summed E-state index contributed by atoms with van der Waals surface area (Å²) in [7, 11) is 5.84. The Morgan fingerprint density at radius 2 is 1.06 bits per heavy atom. The zero-order chi connectivity index (χ0) is 13.8. The summed E-state index contributed by atoms with van der Waals surface area (Å²) in [5.74, 6) is 0. The molecule has 0 spiro atoms. The molecule has 0 saturated heterocycles. The van der Waals surface area contributed by atoms with Crippen molar-refractivity contribution in [3.8, 4) is 0 Å². The molecule has 0 aliphatic carbocycles. The van der Waals surface area contributed by atoms with Crippen molar-refractivity contribution in [2.45, 2.75) is 72.3 Å². The predicted molar refractivity (Wildman–Crippen MR) is 83.3 cm³/mol. The highest BCUT2D eigenvalue weighted by molar-refractivity contribution is 6.08. The summed E-state index contributed by atoms with van der Waals surface area (Å²) in [6, 6.07) is 0. The lowest BCUT2D eigenvalue weighted by Crippen LogP contribution is -2.49. The molecule has 0 aliphatic heterocycles. The second kappa shape index (κ2) is 12.0. The average molecular weight is 252 g/mol. The first-order valence-corrected chi connectivity index (χ1v) is 7.93. The minimum Gasteiger partial charge on any atom is -0.288 e. The van der Waals surface area contributed by atoms with Gasteiger partial charge >= 0.3 is 0 Å². The molecule has 0 atom stereocenters. The summed E-state index contributed by atoms with van der Waals surface area (Å²) in [6.07, 6.45) is 7.36. The van der Waals surface area contributed by atoms with E-state index in [9.17, 15) is 0 Å². The summed E-state index contributed by atoms with van der Waals surface area (Å²) in [5.41, 5.74) is 0. The van der Waals surface area contributed by atoms with Crippen LogP contribution in [0, 0.1) is 0 Å². The Labute approximate surface area is 117 Å². The van der Waals surface area contributed by atoms with Crippen LogP contribution in [0.2, 0.25) is 6.32 Å². The van der Waals surface area contributed by atoms with Crippen LogP contribution >= 0.6 is 0 Å². The molecular weight excluding hydrogens is 219 g/mol. The van der Waals surface area contributed by atoms with Gasteiger partial charge in [-0.2, -0.15) is 0 Å². The van der Waals surface area contributed by atoms with Crippen LogP contribution in [0.25, 0.3) is 0 Å². The first-order chi connectivity index (χ1) is 8.74. The topological polar surface area (TPSA) is 6.48 Å². The molecule has 0 aromatic carbocycles. The van der Waals surface area contributed by atoms with Gasteiger partial charge in [0.1, 0.15) is 0 Å². The van der Waals surface area contributed by atoms with Gasteiger partial charge in [0.15, 0.2) is 0 Å². The first-order valence-electron chi connectivity index (χ1n) is 7.93. The Hall–Kier alpha value is -0.0151. The third-order valence-corrected chi connectivity index (χ3v) is 3.31. The van der Waals surface area contributed by atoms with Crippen LogP contribution in [0.1, 0.15) is 59.8 Å². The van der Waals surface area contributed by atoms with Crippen LogP contribution < -0.4 is 0 Å². The van der Waals surface area contributed by atoms with E-state index in [-0.39, 0.29) is 0 Å². The van der Waals surface area contributed by atoms with Crippen molar-refractivity contribution in [2.75, 3.05) is 26.2 Å². The smallest absolute Gasteiger partial charge is 0.0654 e. The highest BCUT2D eigenvalue weighted by Gasteiger charge is 2.22.